The molecule has 0 radical (unpaired) electrons. The molecule has 2 N–H and O–H groups in total. The summed E-state index contributed by atoms with van der Waals surface area (Å²) in [6.45, 7) is 0.371. The molecule has 3 rings (SSSR count). The van der Waals surface area contributed by atoms with E-state index in [9.17, 15) is 18.0 Å². The van der Waals surface area contributed by atoms with E-state index in [1.165, 1.54) is 0 Å². The first-order valence-electron chi connectivity index (χ1n) is 6.62. The van der Waals surface area contributed by atoms with Crippen LogP contribution in [0.25, 0.3) is 11.6 Å². The van der Waals surface area contributed by atoms with Crippen molar-refractivity contribution in [3.8, 4) is 0 Å². The van der Waals surface area contributed by atoms with Crippen LogP contribution < -0.4 is 11.0 Å². The number of nitrogens with zero attached hydrogens (tertiary/aromatic N) is 1. The summed E-state index contributed by atoms with van der Waals surface area (Å²) < 4.78 is 39.2. The van der Waals surface area contributed by atoms with Gasteiger partial charge < -0.3 is 10.3 Å². The number of alkyl halides is 3. The Kier molecular flexibility index (Phi) is 3.58. The van der Waals surface area contributed by atoms with Crippen molar-refractivity contribution in [1.29, 1.82) is 0 Å². The first kappa shape index (κ1) is 14.5. The fourth-order valence-electron chi connectivity index (χ4n) is 2.45. The highest BCUT2D eigenvalue weighted by Crippen LogP contribution is 2.33. The molecule has 114 valence electrons. The molecule has 22 heavy (non-hydrogen) atoms. The average molecular weight is 307 g/mol. The molecule has 0 saturated carbocycles. The van der Waals surface area contributed by atoms with Crippen LogP contribution in [0.4, 0.5) is 13.2 Å². The van der Waals surface area contributed by atoms with Gasteiger partial charge in [0.2, 0.25) is 0 Å². The fourth-order valence-corrected chi connectivity index (χ4v) is 2.45. The third-order valence-corrected chi connectivity index (χ3v) is 3.38. The smallest absolute Gasteiger partial charge is 0.308 e. The van der Waals surface area contributed by atoms with Crippen LogP contribution in [0.2, 0.25) is 0 Å². The highest BCUT2D eigenvalue weighted by molar-refractivity contribution is 5.83. The molecular formula is C15H12F3N3O. The molecule has 1 aliphatic rings. The molecule has 2 heterocycles. The average Bonchev–Trinajstić information content (AvgIpc) is 2.47. The lowest BCUT2D eigenvalue weighted by Crippen LogP contribution is -2.32. The summed E-state index contributed by atoms with van der Waals surface area (Å²) in [5.41, 5.74) is -0.549. The molecule has 0 saturated heterocycles. The zero-order valence-corrected chi connectivity index (χ0v) is 11.4. The number of benzene rings is 1. The van der Waals surface area contributed by atoms with E-state index in [1.807, 2.05) is 30.3 Å². The molecule has 0 spiro atoms. The van der Waals surface area contributed by atoms with E-state index in [0.29, 0.717) is 12.1 Å². The van der Waals surface area contributed by atoms with E-state index in [1.54, 1.807) is 11.1 Å². The Bertz CT molecular complexity index is 779. The van der Waals surface area contributed by atoms with E-state index in [4.69, 9.17) is 0 Å². The van der Waals surface area contributed by atoms with Gasteiger partial charge in [-0.3, -0.25) is 0 Å². The fraction of sp³-hybridized carbons (Fsp3) is 0.200. The zero-order valence-electron chi connectivity index (χ0n) is 11.4. The van der Waals surface area contributed by atoms with Crippen LogP contribution in [0.1, 0.15) is 22.5 Å². The van der Waals surface area contributed by atoms with Crippen molar-refractivity contribution in [2.24, 2.45) is 0 Å². The summed E-state index contributed by atoms with van der Waals surface area (Å²) in [7, 11) is 0. The Labute approximate surface area is 123 Å². The van der Waals surface area contributed by atoms with Crippen LogP contribution in [-0.4, -0.2) is 16.5 Å². The Balaban J connectivity index is 2.17. The number of aromatic amines is 1. The number of H-pyrrole nitrogens is 1. The van der Waals surface area contributed by atoms with Crippen molar-refractivity contribution in [2.45, 2.75) is 12.7 Å². The minimum Gasteiger partial charge on any atom is -0.308 e. The molecule has 7 heteroatoms. The van der Waals surface area contributed by atoms with Gasteiger partial charge >= 0.3 is 11.9 Å². The summed E-state index contributed by atoms with van der Waals surface area (Å²) in [4.78, 5) is 17.0. The molecule has 0 atom stereocenters. The lowest BCUT2D eigenvalue weighted by atomic mass is 9.98. The summed E-state index contributed by atoms with van der Waals surface area (Å²) in [5.74, 6) is 0. The topological polar surface area (TPSA) is 57.8 Å². The van der Waals surface area contributed by atoms with Gasteiger partial charge in [-0.05, 0) is 17.2 Å². The normalized spacial score (nSPS) is 16.6. The number of nitrogens with one attached hydrogen (secondary N) is 2. The van der Waals surface area contributed by atoms with Gasteiger partial charge in [0.05, 0.1) is 5.69 Å². The first-order chi connectivity index (χ1) is 10.4. The molecule has 0 bridgehead atoms. The van der Waals surface area contributed by atoms with Crippen molar-refractivity contribution in [3.63, 3.8) is 0 Å². The van der Waals surface area contributed by atoms with Crippen LogP contribution in [0, 0.1) is 0 Å². The Morgan fingerprint density at radius 3 is 2.55 bits per heavy atom. The number of rotatable bonds is 1. The number of fused-ring (bicyclic) bond motifs is 1. The molecule has 0 unspecified atom stereocenters. The molecule has 0 aliphatic carbocycles. The summed E-state index contributed by atoms with van der Waals surface area (Å²) in [6, 6.07) is 9.17. The first-order valence-corrected chi connectivity index (χ1v) is 6.62. The lowest BCUT2D eigenvalue weighted by molar-refractivity contribution is -0.142. The van der Waals surface area contributed by atoms with Crippen molar-refractivity contribution in [2.75, 3.05) is 6.54 Å². The maximum Gasteiger partial charge on any atom is 0.431 e. The van der Waals surface area contributed by atoms with Gasteiger partial charge in [-0.25, -0.2) is 4.79 Å². The second kappa shape index (κ2) is 5.42. The van der Waals surface area contributed by atoms with Gasteiger partial charge in [0, 0.05) is 18.7 Å². The molecule has 1 aromatic heterocycles. The molecule has 1 aromatic carbocycles. The third kappa shape index (κ3) is 2.80. The second-order valence-electron chi connectivity index (χ2n) is 4.93. The van der Waals surface area contributed by atoms with Crippen molar-refractivity contribution < 1.29 is 13.2 Å². The SMILES string of the molecule is O=c1nc2c(c(C(F)(F)F)[nH]1)CNC/C2=C/c1ccccc1. The Morgan fingerprint density at radius 1 is 1.14 bits per heavy atom. The van der Waals surface area contributed by atoms with E-state index in [-0.39, 0.29) is 17.8 Å². The van der Waals surface area contributed by atoms with Crippen molar-refractivity contribution in [1.82, 2.24) is 15.3 Å². The molecule has 4 nitrogen and oxygen atoms in total. The van der Waals surface area contributed by atoms with E-state index in [0.717, 1.165) is 5.56 Å². The predicted molar refractivity (Wildman–Crippen MR) is 75.9 cm³/mol. The van der Waals surface area contributed by atoms with Crippen LogP contribution in [0.15, 0.2) is 35.1 Å². The van der Waals surface area contributed by atoms with Crippen LogP contribution >= 0.6 is 0 Å². The number of halogens is 3. The Hall–Kier alpha value is -2.41. The van der Waals surface area contributed by atoms with Gasteiger partial charge in [-0.15, -0.1) is 0 Å². The minimum absolute atomic E-state index is 0.0140. The maximum atomic E-state index is 13.1. The van der Waals surface area contributed by atoms with E-state index < -0.39 is 17.6 Å². The number of hydrogen-bond donors (Lipinski definition) is 2. The summed E-state index contributed by atoms with van der Waals surface area (Å²) in [5, 5.41) is 2.91. The molecule has 0 fully saturated rings. The van der Waals surface area contributed by atoms with Crippen LogP contribution in [-0.2, 0) is 12.7 Å². The van der Waals surface area contributed by atoms with Crippen molar-refractivity contribution >= 4 is 11.6 Å². The van der Waals surface area contributed by atoms with Gasteiger partial charge in [0.1, 0.15) is 5.69 Å². The third-order valence-electron chi connectivity index (χ3n) is 3.38. The molecule has 0 amide bonds. The quantitative estimate of drug-likeness (QED) is 0.851. The van der Waals surface area contributed by atoms with Crippen LogP contribution in [0.3, 0.4) is 0 Å². The lowest BCUT2D eigenvalue weighted by Gasteiger charge is -2.22. The molecule has 2 aromatic rings. The summed E-state index contributed by atoms with van der Waals surface area (Å²) in [6.07, 6.45) is -2.89. The van der Waals surface area contributed by atoms with Gasteiger partial charge in [-0.1, -0.05) is 30.3 Å². The standard InChI is InChI=1S/C15H12F3N3O/c16-15(17,18)13-11-8-19-7-10(12(11)20-14(22)21-13)6-9-4-2-1-3-5-9/h1-6,19H,7-8H2,(H,20,21,22)/b10-6-. The summed E-state index contributed by atoms with van der Waals surface area (Å²) >= 11 is 0. The van der Waals surface area contributed by atoms with Crippen LogP contribution in [0.5, 0.6) is 0 Å². The Morgan fingerprint density at radius 2 is 1.86 bits per heavy atom. The highest BCUT2D eigenvalue weighted by Gasteiger charge is 2.37. The molecular weight excluding hydrogens is 295 g/mol. The van der Waals surface area contributed by atoms with E-state index >= 15 is 0 Å². The van der Waals surface area contributed by atoms with Gasteiger partial charge in [0.25, 0.3) is 0 Å². The largest absolute Gasteiger partial charge is 0.431 e. The number of hydrogen-bond acceptors (Lipinski definition) is 3. The number of aromatic nitrogens is 2. The monoisotopic (exact) mass is 307 g/mol. The molecule has 1 aliphatic heterocycles. The minimum atomic E-state index is -4.62. The van der Waals surface area contributed by atoms with Gasteiger partial charge in [0.15, 0.2) is 0 Å². The highest BCUT2D eigenvalue weighted by atomic mass is 19.4. The second-order valence-corrected chi connectivity index (χ2v) is 4.93. The van der Waals surface area contributed by atoms with Gasteiger partial charge in [-0.2, -0.15) is 18.2 Å². The maximum absolute atomic E-state index is 13.1. The zero-order chi connectivity index (χ0) is 15.7. The van der Waals surface area contributed by atoms with Crippen molar-refractivity contribution in [3.05, 3.63) is 63.3 Å². The predicted octanol–water partition coefficient (Wildman–Crippen LogP) is 2.43. The van der Waals surface area contributed by atoms with E-state index in [2.05, 4.69) is 10.3 Å².